The van der Waals surface area contributed by atoms with Gasteiger partial charge in [0.1, 0.15) is 12.2 Å². The first-order chi connectivity index (χ1) is 7.02. The van der Waals surface area contributed by atoms with Crippen molar-refractivity contribution >= 4 is 5.91 Å². The zero-order chi connectivity index (χ0) is 11.4. The van der Waals surface area contributed by atoms with E-state index in [1.807, 2.05) is 20.8 Å². The van der Waals surface area contributed by atoms with Crippen LogP contribution in [0.4, 0.5) is 0 Å². The molecule has 0 spiro atoms. The molecule has 1 aromatic rings. The highest BCUT2D eigenvalue weighted by Gasteiger charge is 2.20. The summed E-state index contributed by atoms with van der Waals surface area (Å²) in [5, 5.41) is 9.17. The van der Waals surface area contributed by atoms with Gasteiger partial charge in [0.25, 0.3) is 0 Å². The molecule has 6 heteroatoms. The molecule has 0 aromatic carbocycles. The molecule has 0 saturated carbocycles. The van der Waals surface area contributed by atoms with Gasteiger partial charge < -0.3 is 11.1 Å². The second-order valence-electron chi connectivity index (χ2n) is 3.87. The van der Waals surface area contributed by atoms with Crippen LogP contribution in [0, 0.1) is 5.92 Å². The molecule has 0 aliphatic heterocycles. The second kappa shape index (κ2) is 4.88. The number of nitrogens with zero attached hydrogens (tertiary/aromatic N) is 2. The van der Waals surface area contributed by atoms with Gasteiger partial charge in [-0.15, -0.1) is 0 Å². The third-order valence-electron chi connectivity index (χ3n) is 2.22. The van der Waals surface area contributed by atoms with Crippen LogP contribution in [0.25, 0.3) is 0 Å². The molecule has 2 unspecified atom stereocenters. The summed E-state index contributed by atoms with van der Waals surface area (Å²) in [5.74, 6) is 0.570. The van der Waals surface area contributed by atoms with Crippen molar-refractivity contribution in [3.63, 3.8) is 0 Å². The molecule has 0 aliphatic rings. The first-order valence-electron chi connectivity index (χ1n) is 4.93. The lowest BCUT2D eigenvalue weighted by Crippen LogP contribution is -2.44. The molecule has 1 rings (SSSR count). The van der Waals surface area contributed by atoms with Gasteiger partial charge >= 0.3 is 0 Å². The highest BCUT2D eigenvalue weighted by molar-refractivity contribution is 5.82. The van der Waals surface area contributed by atoms with Crippen LogP contribution in [0.3, 0.4) is 0 Å². The number of hydrogen-bond acceptors (Lipinski definition) is 4. The fourth-order valence-electron chi connectivity index (χ4n) is 1.10. The summed E-state index contributed by atoms with van der Waals surface area (Å²) in [6, 6.07) is -0.694. The van der Waals surface area contributed by atoms with Gasteiger partial charge in [-0.25, -0.2) is 4.98 Å². The summed E-state index contributed by atoms with van der Waals surface area (Å²) in [5.41, 5.74) is 5.70. The van der Waals surface area contributed by atoms with Crippen molar-refractivity contribution in [2.24, 2.45) is 11.7 Å². The molecular formula is C9H17N5O. The van der Waals surface area contributed by atoms with Crippen LogP contribution in [0.15, 0.2) is 6.33 Å². The third-order valence-corrected chi connectivity index (χ3v) is 2.22. The molecule has 0 saturated heterocycles. The predicted octanol–water partition coefficient (Wildman–Crippen LogP) is -0.0348. The van der Waals surface area contributed by atoms with Crippen molar-refractivity contribution in [1.29, 1.82) is 0 Å². The number of aromatic amines is 1. The van der Waals surface area contributed by atoms with Crippen LogP contribution < -0.4 is 11.1 Å². The summed E-state index contributed by atoms with van der Waals surface area (Å²) < 4.78 is 0. The van der Waals surface area contributed by atoms with Crippen LogP contribution >= 0.6 is 0 Å². The lowest BCUT2D eigenvalue weighted by Gasteiger charge is -2.18. The average Bonchev–Trinajstić information content (AvgIpc) is 2.68. The molecule has 4 N–H and O–H groups in total. The first kappa shape index (κ1) is 11.6. The number of nitrogens with two attached hydrogens (primary N) is 1. The molecule has 1 heterocycles. The maximum atomic E-state index is 11.6. The molecule has 0 fully saturated rings. The molecule has 84 valence electrons. The Morgan fingerprint density at radius 2 is 2.20 bits per heavy atom. The highest BCUT2D eigenvalue weighted by Crippen LogP contribution is 2.06. The molecule has 0 radical (unpaired) electrons. The van der Waals surface area contributed by atoms with E-state index in [1.165, 1.54) is 6.33 Å². The highest BCUT2D eigenvalue weighted by atomic mass is 16.2. The SMILES string of the molecule is CC(NC(=O)C(N)C(C)C)c1ncn[nH]1. The van der Waals surface area contributed by atoms with E-state index in [0.717, 1.165) is 0 Å². The minimum absolute atomic E-state index is 0.118. The quantitative estimate of drug-likeness (QED) is 0.651. The second-order valence-corrected chi connectivity index (χ2v) is 3.87. The van der Waals surface area contributed by atoms with Crippen molar-refractivity contribution in [2.75, 3.05) is 0 Å². The Balaban J connectivity index is 2.52. The van der Waals surface area contributed by atoms with Crippen molar-refractivity contribution in [2.45, 2.75) is 32.9 Å². The molecule has 15 heavy (non-hydrogen) atoms. The van der Waals surface area contributed by atoms with Gasteiger partial charge in [-0.1, -0.05) is 13.8 Å². The molecular weight excluding hydrogens is 194 g/mol. The number of carbonyl (C=O) groups excluding carboxylic acids is 1. The lowest BCUT2D eigenvalue weighted by atomic mass is 10.0. The summed E-state index contributed by atoms with van der Waals surface area (Å²) >= 11 is 0. The normalized spacial score (nSPS) is 15.0. The number of amides is 1. The Labute approximate surface area is 88.7 Å². The van der Waals surface area contributed by atoms with E-state index in [0.29, 0.717) is 5.82 Å². The van der Waals surface area contributed by atoms with Gasteiger partial charge in [0.2, 0.25) is 5.91 Å². The molecule has 1 amide bonds. The molecule has 6 nitrogen and oxygen atoms in total. The third kappa shape index (κ3) is 3.02. The maximum absolute atomic E-state index is 11.6. The minimum atomic E-state index is -0.490. The van der Waals surface area contributed by atoms with Gasteiger partial charge in [-0.3, -0.25) is 9.89 Å². The zero-order valence-corrected chi connectivity index (χ0v) is 9.19. The number of H-pyrrole nitrogens is 1. The van der Waals surface area contributed by atoms with Gasteiger partial charge in [-0.05, 0) is 12.8 Å². The summed E-state index contributed by atoms with van der Waals surface area (Å²) in [6.45, 7) is 5.64. The number of rotatable bonds is 4. The monoisotopic (exact) mass is 211 g/mol. The van der Waals surface area contributed by atoms with E-state index in [4.69, 9.17) is 5.73 Å². The Morgan fingerprint density at radius 1 is 1.53 bits per heavy atom. The smallest absolute Gasteiger partial charge is 0.237 e. The van der Waals surface area contributed by atoms with Crippen molar-refractivity contribution in [3.05, 3.63) is 12.2 Å². The van der Waals surface area contributed by atoms with E-state index in [1.54, 1.807) is 0 Å². The Morgan fingerprint density at radius 3 is 2.67 bits per heavy atom. The predicted molar refractivity (Wildman–Crippen MR) is 55.8 cm³/mol. The number of nitrogens with one attached hydrogen (secondary N) is 2. The van der Waals surface area contributed by atoms with Gasteiger partial charge in [0.05, 0.1) is 12.1 Å². The van der Waals surface area contributed by atoms with Gasteiger partial charge in [0.15, 0.2) is 0 Å². The number of carbonyl (C=O) groups is 1. The molecule has 1 aromatic heterocycles. The van der Waals surface area contributed by atoms with Crippen molar-refractivity contribution in [1.82, 2.24) is 20.5 Å². The molecule has 0 aliphatic carbocycles. The van der Waals surface area contributed by atoms with E-state index in [9.17, 15) is 4.79 Å². The minimum Gasteiger partial charge on any atom is -0.345 e. The van der Waals surface area contributed by atoms with Crippen LogP contribution in [0.5, 0.6) is 0 Å². The van der Waals surface area contributed by atoms with E-state index >= 15 is 0 Å². The fraction of sp³-hybridized carbons (Fsp3) is 0.667. The summed E-state index contributed by atoms with van der Waals surface area (Å²) in [6.07, 6.45) is 1.40. The van der Waals surface area contributed by atoms with Gasteiger partial charge in [0, 0.05) is 0 Å². The largest absolute Gasteiger partial charge is 0.345 e. The molecule has 2 atom stereocenters. The van der Waals surface area contributed by atoms with Crippen LogP contribution in [-0.2, 0) is 4.79 Å². The number of hydrogen-bond donors (Lipinski definition) is 3. The van der Waals surface area contributed by atoms with Crippen molar-refractivity contribution < 1.29 is 4.79 Å². The Hall–Kier alpha value is -1.43. The summed E-state index contributed by atoms with van der Waals surface area (Å²) in [7, 11) is 0. The zero-order valence-electron chi connectivity index (χ0n) is 9.19. The number of aromatic nitrogens is 3. The van der Waals surface area contributed by atoms with Gasteiger partial charge in [-0.2, -0.15) is 5.10 Å². The first-order valence-corrected chi connectivity index (χ1v) is 4.93. The maximum Gasteiger partial charge on any atom is 0.237 e. The Bertz CT molecular complexity index is 308. The standard InChI is InChI=1S/C9H17N5O/c1-5(2)7(10)9(15)13-6(3)8-11-4-12-14-8/h4-7H,10H2,1-3H3,(H,13,15)(H,11,12,14). The molecule has 0 bridgehead atoms. The average molecular weight is 211 g/mol. The Kier molecular flexibility index (Phi) is 3.79. The summed E-state index contributed by atoms with van der Waals surface area (Å²) in [4.78, 5) is 15.5. The fourth-order valence-corrected chi connectivity index (χ4v) is 1.10. The van der Waals surface area contributed by atoms with Crippen molar-refractivity contribution in [3.8, 4) is 0 Å². The topological polar surface area (TPSA) is 96.7 Å². The van der Waals surface area contributed by atoms with E-state index in [2.05, 4.69) is 20.5 Å². The van der Waals surface area contributed by atoms with E-state index in [-0.39, 0.29) is 17.9 Å². The lowest BCUT2D eigenvalue weighted by molar-refractivity contribution is -0.123. The van der Waals surface area contributed by atoms with Crippen LogP contribution in [-0.4, -0.2) is 27.1 Å². The van der Waals surface area contributed by atoms with Crippen LogP contribution in [0.1, 0.15) is 32.6 Å². The van der Waals surface area contributed by atoms with Crippen LogP contribution in [0.2, 0.25) is 0 Å². The van der Waals surface area contributed by atoms with E-state index < -0.39 is 6.04 Å².